The highest BCUT2D eigenvalue weighted by Crippen LogP contribution is 2.19. The highest BCUT2D eigenvalue weighted by atomic mass is 16.5. The number of ether oxygens (including phenoxy) is 1. The summed E-state index contributed by atoms with van der Waals surface area (Å²) in [6.45, 7) is 4.98. The molecule has 0 aliphatic carbocycles. The molecule has 0 bridgehead atoms. The molecule has 69 heavy (non-hydrogen) atoms. The van der Waals surface area contributed by atoms with Gasteiger partial charge in [-0.3, -0.25) is 9.59 Å². The molecule has 0 fully saturated rings. The van der Waals surface area contributed by atoms with E-state index >= 15 is 0 Å². The van der Waals surface area contributed by atoms with Crippen molar-refractivity contribution in [1.82, 2.24) is 5.32 Å². The summed E-state index contributed by atoms with van der Waals surface area (Å²) in [6.07, 6.45) is 69.6. The lowest BCUT2D eigenvalue weighted by Crippen LogP contribution is -2.45. The van der Waals surface area contributed by atoms with Crippen LogP contribution in [0.4, 0.5) is 0 Å². The van der Waals surface area contributed by atoms with E-state index in [-0.39, 0.29) is 18.5 Å². The van der Waals surface area contributed by atoms with E-state index in [9.17, 15) is 19.8 Å². The maximum absolute atomic E-state index is 12.5. The standard InChI is InChI=1S/C63H125NO5/c1-3-5-7-9-11-13-15-17-19-21-23-25-29-33-37-41-45-49-53-57-63(68)69-58-54-50-46-42-38-34-30-26-28-32-36-40-44-48-52-56-62(67)64-60(59-65)61(66)55-51-47-43-39-35-31-27-24-22-20-18-16-14-12-10-8-6-4-2/h60-61,65-66H,3-59H2,1-2H3,(H,64,67). The minimum absolute atomic E-state index is 0.00692. The van der Waals surface area contributed by atoms with Gasteiger partial charge in [0.25, 0.3) is 0 Å². The molecule has 0 aromatic rings. The van der Waals surface area contributed by atoms with E-state index in [1.807, 2.05) is 0 Å². The van der Waals surface area contributed by atoms with Crippen LogP contribution in [-0.4, -0.2) is 47.4 Å². The number of carbonyl (C=O) groups is 2. The van der Waals surface area contributed by atoms with E-state index in [0.29, 0.717) is 25.9 Å². The number of aliphatic hydroxyl groups is 2. The van der Waals surface area contributed by atoms with E-state index in [1.54, 1.807) is 0 Å². The van der Waals surface area contributed by atoms with Gasteiger partial charge in [0.05, 0.1) is 25.4 Å². The van der Waals surface area contributed by atoms with Crippen molar-refractivity contribution in [2.75, 3.05) is 13.2 Å². The van der Waals surface area contributed by atoms with Crippen molar-refractivity contribution in [1.29, 1.82) is 0 Å². The van der Waals surface area contributed by atoms with Gasteiger partial charge < -0.3 is 20.3 Å². The number of hydrogen-bond acceptors (Lipinski definition) is 5. The highest BCUT2D eigenvalue weighted by molar-refractivity contribution is 5.76. The predicted molar refractivity (Wildman–Crippen MR) is 301 cm³/mol. The fourth-order valence-corrected chi connectivity index (χ4v) is 10.3. The minimum Gasteiger partial charge on any atom is -0.466 e. The predicted octanol–water partition coefficient (Wildman–Crippen LogP) is 19.9. The van der Waals surface area contributed by atoms with Crippen LogP contribution in [0, 0.1) is 0 Å². The lowest BCUT2D eigenvalue weighted by Gasteiger charge is -2.22. The first-order chi connectivity index (χ1) is 34.0. The van der Waals surface area contributed by atoms with Crippen molar-refractivity contribution in [3.05, 3.63) is 0 Å². The Hall–Kier alpha value is -1.14. The zero-order valence-electron chi connectivity index (χ0n) is 47.1. The van der Waals surface area contributed by atoms with Crippen molar-refractivity contribution in [3.8, 4) is 0 Å². The lowest BCUT2D eigenvalue weighted by atomic mass is 10.0. The third-order valence-corrected chi connectivity index (χ3v) is 15.2. The molecular formula is C63H125NO5. The Kier molecular flexibility index (Phi) is 58.4. The summed E-state index contributed by atoms with van der Waals surface area (Å²) in [4.78, 5) is 24.6. The molecule has 0 spiro atoms. The Morgan fingerprint density at radius 2 is 0.594 bits per heavy atom. The molecule has 2 unspecified atom stereocenters. The maximum Gasteiger partial charge on any atom is 0.305 e. The van der Waals surface area contributed by atoms with Gasteiger partial charge in [-0.05, 0) is 25.7 Å². The average Bonchev–Trinajstić information content (AvgIpc) is 3.35. The molecule has 3 N–H and O–H groups in total. The van der Waals surface area contributed by atoms with Gasteiger partial charge in [-0.1, -0.05) is 328 Å². The van der Waals surface area contributed by atoms with Crippen molar-refractivity contribution in [2.45, 2.75) is 379 Å². The Labute approximate surface area is 432 Å². The average molecular weight is 977 g/mol. The molecule has 6 nitrogen and oxygen atoms in total. The lowest BCUT2D eigenvalue weighted by molar-refractivity contribution is -0.143. The van der Waals surface area contributed by atoms with Gasteiger partial charge in [0.15, 0.2) is 0 Å². The number of unbranched alkanes of at least 4 members (excludes halogenated alkanes) is 49. The van der Waals surface area contributed by atoms with Crippen LogP contribution in [0.1, 0.15) is 367 Å². The summed E-state index contributed by atoms with van der Waals surface area (Å²) in [6, 6.07) is -0.547. The van der Waals surface area contributed by atoms with Crippen molar-refractivity contribution >= 4 is 11.9 Å². The van der Waals surface area contributed by atoms with Crippen molar-refractivity contribution in [3.63, 3.8) is 0 Å². The third-order valence-electron chi connectivity index (χ3n) is 15.2. The van der Waals surface area contributed by atoms with Crippen LogP contribution < -0.4 is 5.32 Å². The Balaban J connectivity index is 3.39. The van der Waals surface area contributed by atoms with Gasteiger partial charge >= 0.3 is 5.97 Å². The third kappa shape index (κ3) is 56.0. The quantitative estimate of drug-likeness (QED) is 0.0417. The van der Waals surface area contributed by atoms with Crippen molar-refractivity contribution in [2.24, 2.45) is 0 Å². The molecule has 0 aromatic heterocycles. The molecule has 6 heteroatoms. The van der Waals surface area contributed by atoms with E-state index in [1.165, 1.54) is 289 Å². The summed E-state index contributed by atoms with van der Waals surface area (Å²) in [5, 5.41) is 23.3. The summed E-state index contributed by atoms with van der Waals surface area (Å²) >= 11 is 0. The number of carbonyl (C=O) groups excluding carboxylic acids is 2. The normalized spacial score (nSPS) is 12.5. The number of esters is 1. The summed E-state index contributed by atoms with van der Waals surface area (Å²) < 4.78 is 5.50. The smallest absolute Gasteiger partial charge is 0.305 e. The van der Waals surface area contributed by atoms with Crippen LogP contribution in [0.2, 0.25) is 0 Å². The molecule has 1 amide bonds. The summed E-state index contributed by atoms with van der Waals surface area (Å²) in [5.41, 5.74) is 0. The summed E-state index contributed by atoms with van der Waals surface area (Å²) in [5.74, 6) is -0.0321. The van der Waals surface area contributed by atoms with Gasteiger partial charge in [0, 0.05) is 12.8 Å². The molecular weight excluding hydrogens is 851 g/mol. The van der Waals surface area contributed by atoms with Crippen molar-refractivity contribution < 1.29 is 24.5 Å². The first-order valence-electron chi connectivity index (χ1n) is 31.8. The van der Waals surface area contributed by atoms with E-state index in [0.717, 1.165) is 44.9 Å². The molecule has 412 valence electrons. The van der Waals surface area contributed by atoms with Crippen LogP contribution in [0.15, 0.2) is 0 Å². The largest absolute Gasteiger partial charge is 0.466 e. The Bertz CT molecular complexity index is 990. The van der Waals surface area contributed by atoms with Crippen LogP contribution in [-0.2, 0) is 14.3 Å². The van der Waals surface area contributed by atoms with E-state index < -0.39 is 12.1 Å². The van der Waals surface area contributed by atoms with Gasteiger partial charge in [-0.15, -0.1) is 0 Å². The minimum atomic E-state index is -0.669. The molecule has 0 radical (unpaired) electrons. The van der Waals surface area contributed by atoms with Gasteiger partial charge in [-0.2, -0.15) is 0 Å². The van der Waals surface area contributed by atoms with Crippen LogP contribution in [0.3, 0.4) is 0 Å². The zero-order valence-corrected chi connectivity index (χ0v) is 47.1. The fourth-order valence-electron chi connectivity index (χ4n) is 10.3. The molecule has 0 rings (SSSR count). The molecule has 0 aliphatic heterocycles. The fraction of sp³-hybridized carbons (Fsp3) is 0.968. The SMILES string of the molecule is CCCCCCCCCCCCCCCCCCCCCC(=O)OCCCCCCCCCCCCCCCCCC(=O)NC(CO)C(O)CCCCCCCCCCCCCCCCCCCC. The molecule has 0 aliphatic rings. The molecule has 0 aromatic carbocycles. The second kappa shape index (κ2) is 59.4. The maximum atomic E-state index is 12.5. The van der Waals surface area contributed by atoms with Gasteiger partial charge in [0.2, 0.25) is 5.91 Å². The number of amides is 1. The topological polar surface area (TPSA) is 95.9 Å². The van der Waals surface area contributed by atoms with Crippen LogP contribution in [0.5, 0.6) is 0 Å². The zero-order chi connectivity index (χ0) is 50.0. The summed E-state index contributed by atoms with van der Waals surface area (Å²) in [7, 11) is 0. The monoisotopic (exact) mass is 976 g/mol. The highest BCUT2D eigenvalue weighted by Gasteiger charge is 2.20. The first kappa shape index (κ1) is 67.9. The second-order valence-corrected chi connectivity index (χ2v) is 22.1. The van der Waals surface area contributed by atoms with Gasteiger partial charge in [-0.25, -0.2) is 0 Å². The number of hydrogen-bond donors (Lipinski definition) is 3. The number of nitrogens with one attached hydrogen (secondary N) is 1. The first-order valence-corrected chi connectivity index (χ1v) is 31.8. The number of aliphatic hydroxyl groups excluding tert-OH is 2. The van der Waals surface area contributed by atoms with E-state index in [4.69, 9.17) is 4.74 Å². The molecule has 0 saturated carbocycles. The Morgan fingerprint density at radius 1 is 0.348 bits per heavy atom. The number of rotatable bonds is 60. The molecule has 2 atom stereocenters. The van der Waals surface area contributed by atoms with Gasteiger partial charge in [0.1, 0.15) is 0 Å². The Morgan fingerprint density at radius 3 is 0.884 bits per heavy atom. The molecule has 0 saturated heterocycles. The molecule has 0 heterocycles. The van der Waals surface area contributed by atoms with Crippen LogP contribution >= 0.6 is 0 Å². The van der Waals surface area contributed by atoms with E-state index in [2.05, 4.69) is 19.2 Å². The second-order valence-electron chi connectivity index (χ2n) is 22.1. The van der Waals surface area contributed by atoms with Crippen LogP contribution in [0.25, 0.3) is 0 Å².